The summed E-state index contributed by atoms with van der Waals surface area (Å²) in [5.74, 6) is 1.94. The van der Waals surface area contributed by atoms with Gasteiger partial charge in [-0.1, -0.05) is 19.8 Å². The van der Waals surface area contributed by atoms with E-state index in [2.05, 4.69) is 29.2 Å². The summed E-state index contributed by atoms with van der Waals surface area (Å²) in [5, 5.41) is 7.99. The van der Waals surface area contributed by atoms with Crippen LogP contribution in [-0.2, 0) is 13.0 Å². The number of hydrogen-bond acceptors (Lipinski definition) is 3. The molecular weight excluding hydrogens is 236 g/mol. The smallest absolute Gasteiger partial charge is 0.138 e. The number of aryl methyl sites for hydroxylation is 1. The SMILES string of the molecule is CCCNC1CCCCC(Cc2ncnn2CC)C1. The Balaban J connectivity index is 1.91. The summed E-state index contributed by atoms with van der Waals surface area (Å²) in [7, 11) is 0. The Hall–Kier alpha value is -0.900. The maximum absolute atomic E-state index is 4.43. The summed E-state index contributed by atoms with van der Waals surface area (Å²) in [6.07, 6.45) is 10.8. The molecule has 4 nitrogen and oxygen atoms in total. The van der Waals surface area contributed by atoms with Crippen LogP contribution in [0.2, 0.25) is 0 Å². The molecule has 2 unspecified atom stereocenters. The highest BCUT2D eigenvalue weighted by Crippen LogP contribution is 2.26. The van der Waals surface area contributed by atoms with Gasteiger partial charge in [0, 0.05) is 19.0 Å². The molecule has 1 aromatic heterocycles. The van der Waals surface area contributed by atoms with Crippen molar-refractivity contribution in [1.82, 2.24) is 20.1 Å². The van der Waals surface area contributed by atoms with E-state index in [1.807, 2.05) is 4.68 Å². The van der Waals surface area contributed by atoms with Crippen LogP contribution in [0, 0.1) is 5.92 Å². The maximum atomic E-state index is 4.43. The van der Waals surface area contributed by atoms with E-state index in [4.69, 9.17) is 0 Å². The summed E-state index contributed by atoms with van der Waals surface area (Å²) in [5.41, 5.74) is 0. The second-order valence-electron chi connectivity index (χ2n) is 5.73. The largest absolute Gasteiger partial charge is 0.314 e. The minimum atomic E-state index is 0.713. The lowest BCUT2D eigenvalue weighted by atomic mass is 9.94. The third-order valence-corrected chi connectivity index (χ3v) is 4.18. The van der Waals surface area contributed by atoms with E-state index >= 15 is 0 Å². The molecular formula is C15H28N4. The van der Waals surface area contributed by atoms with Crippen LogP contribution < -0.4 is 5.32 Å². The predicted molar refractivity (Wildman–Crippen MR) is 78.1 cm³/mol. The molecule has 1 heterocycles. The van der Waals surface area contributed by atoms with E-state index in [0.29, 0.717) is 6.04 Å². The zero-order valence-corrected chi connectivity index (χ0v) is 12.4. The van der Waals surface area contributed by atoms with E-state index in [1.54, 1.807) is 6.33 Å². The Morgan fingerprint density at radius 2 is 2.16 bits per heavy atom. The Labute approximate surface area is 117 Å². The third-order valence-electron chi connectivity index (χ3n) is 4.18. The Kier molecular flexibility index (Phi) is 5.83. The fraction of sp³-hybridized carbons (Fsp3) is 0.867. The molecule has 1 aliphatic rings. The molecule has 0 bridgehead atoms. The molecule has 1 saturated carbocycles. The molecule has 1 fully saturated rings. The van der Waals surface area contributed by atoms with Crippen molar-refractivity contribution in [2.45, 2.75) is 71.4 Å². The van der Waals surface area contributed by atoms with Crippen molar-refractivity contribution in [1.29, 1.82) is 0 Å². The molecule has 2 rings (SSSR count). The van der Waals surface area contributed by atoms with Crippen LogP contribution >= 0.6 is 0 Å². The van der Waals surface area contributed by atoms with Crippen LogP contribution in [0.1, 0.15) is 58.2 Å². The average Bonchev–Trinajstić information content (AvgIpc) is 2.74. The first-order valence-corrected chi connectivity index (χ1v) is 7.93. The van der Waals surface area contributed by atoms with Gasteiger partial charge in [-0.25, -0.2) is 4.98 Å². The van der Waals surface area contributed by atoms with E-state index in [-0.39, 0.29) is 0 Å². The molecule has 0 spiro atoms. The number of rotatable bonds is 6. The van der Waals surface area contributed by atoms with Gasteiger partial charge in [0.1, 0.15) is 12.2 Å². The Morgan fingerprint density at radius 1 is 1.32 bits per heavy atom. The minimum Gasteiger partial charge on any atom is -0.314 e. The molecule has 1 N–H and O–H groups in total. The van der Waals surface area contributed by atoms with Gasteiger partial charge in [-0.15, -0.1) is 0 Å². The van der Waals surface area contributed by atoms with Gasteiger partial charge in [0.05, 0.1) is 0 Å². The summed E-state index contributed by atoms with van der Waals surface area (Å²) >= 11 is 0. The second-order valence-corrected chi connectivity index (χ2v) is 5.73. The van der Waals surface area contributed by atoms with Gasteiger partial charge in [-0.05, 0) is 45.1 Å². The summed E-state index contributed by atoms with van der Waals surface area (Å²) in [6.45, 7) is 6.46. The zero-order chi connectivity index (χ0) is 13.5. The quantitative estimate of drug-likeness (QED) is 0.803. The normalized spacial score (nSPS) is 24.3. The van der Waals surface area contributed by atoms with Crippen molar-refractivity contribution < 1.29 is 0 Å². The Bertz CT molecular complexity index is 361. The standard InChI is InChI=1S/C15H28N4/c1-3-9-16-14-8-6-5-7-13(10-14)11-15-17-12-18-19(15)4-2/h12-14,16H,3-11H2,1-2H3. The van der Waals surface area contributed by atoms with Crippen molar-refractivity contribution in [3.05, 3.63) is 12.2 Å². The van der Waals surface area contributed by atoms with Crippen molar-refractivity contribution >= 4 is 0 Å². The van der Waals surface area contributed by atoms with Crippen LogP contribution in [0.5, 0.6) is 0 Å². The minimum absolute atomic E-state index is 0.713. The number of nitrogens with one attached hydrogen (secondary N) is 1. The molecule has 0 aromatic carbocycles. The van der Waals surface area contributed by atoms with Crippen molar-refractivity contribution in [3.63, 3.8) is 0 Å². The van der Waals surface area contributed by atoms with Gasteiger partial charge in [-0.3, -0.25) is 4.68 Å². The fourth-order valence-electron chi connectivity index (χ4n) is 3.15. The lowest BCUT2D eigenvalue weighted by Gasteiger charge is -2.21. The highest BCUT2D eigenvalue weighted by atomic mass is 15.3. The molecule has 108 valence electrons. The van der Waals surface area contributed by atoms with E-state index in [1.165, 1.54) is 44.3 Å². The first-order chi connectivity index (χ1) is 9.33. The number of hydrogen-bond donors (Lipinski definition) is 1. The summed E-state index contributed by atoms with van der Waals surface area (Å²) in [6, 6.07) is 0.713. The third kappa shape index (κ3) is 4.30. The molecule has 0 amide bonds. The molecule has 0 radical (unpaired) electrons. The lowest BCUT2D eigenvalue weighted by Crippen LogP contribution is -2.31. The highest BCUT2D eigenvalue weighted by molar-refractivity contribution is 4.89. The van der Waals surface area contributed by atoms with Crippen LogP contribution in [0.15, 0.2) is 6.33 Å². The molecule has 4 heteroatoms. The van der Waals surface area contributed by atoms with Crippen molar-refractivity contribution in [3.8, 4) is 0 Å². The molecule has 1 aliphatic carbocycles. The van der Waals surface area contributed by atoms with Gasteiger partial charge < -0.3 is 5.32 Å². The summed E-state index contributed by atoms with van der Waals surface area (Å²) < 4.78 is 2.04. The van der Waals surface area contributed by atoms with Gasteiger partial charge in [0.2, 0.25) is 0 Å². The van der Waals surface area contributed by atoms with E-state index in [0.717, 1.165) is 25.4 Å². The predicted octanol–water partition coefficient (Wildman–Crippen LogP) is 2.79. The second kappa shape index (κ2) is 7.63. The number of nitrogens with zero attached hydrogens (tertiary/aromatic N) is 3. The summed E-state index contributed by atoms with van der Waals surface area (Å²) in [4.78, 5) is 4.43. The van der Waals surface area contributed by atoms with Gasteiger partial charge in [0.15, 0.2) is 0 Å². The molecule has 0 aliphatic heterocycles. The van der Waals surface area contributed by atoms with Gasteiger partial charge >= 0.3 is 0 Å². The van der Waals surface area contributed by atoms with Crippen molar-refractivity contribution in [2.75, 3.05) is 6.54 Å². The van der Waals surface area contributed by atoms with Crippen molar-refractivity contribution in [2.24, 2.45) is 5.92 Å². The molecule has 19 heavy (non-hydrogen) atoms. The number of aromatic nitrogens is 3. The maximum Gasteiger partial charge on any atom is 0.138 e. The molecule has 2 atom stereocenters. The van der Waals surface area contributed by atoms with Crippen LogP contribution in [-0.4, -0.2) is 27.4 Å². The molecule has 0 saturated heterocycles. The van der Waals surface area contributed by atoms with Crippen LogP contribution in [0.4, 0.5) is 0 Å². The Morgan fingerprint density at radius 3 is 2.95 bits per heavy atom. The zero-order valence-electron chi connectivity index (χ0n) is 12.4. The average molecular weight is 264 g/mol. The first kappa shape index (κ1) is 14.5. The van der Waals surface area contributed by atoms with E-state index in [9.17, 15) is 0 Å². The lowest BCUT2D eigenvalue weighted by molar-refractivity contribution is 0.374. The van der Waals surface area contributed by atoms with Gasteiger partial charge in [0.25, 0.3) is 0 Å². The fourth-order valence-corrected chi connectivity index (χ4v) is 3.15. The highest BCUT2D eigenvalue weighted by Gasteiger charge is 2.21. The van der Waals surface area contributed by atoms with Crippen LogP contribution in [0.25, 0.3) is 0 Å². The molecule has 1 aromatic rings. The van der Waals surface area contributed by atoms with Gasteiger partial charge in [-0.2, -0.15) is 5.10 Å². The van der Waals surface area contributed by atoms with Crippen LogP contribution in [0.3, 0.4) is 0 Å². The monoisotopic (exact) mass is 264 g/mol. The van der Waals surface area contributed by atoms with E-state index < -0.39 is 0 Å². The first-order valence-electron chi connectivity index (χ1n) is 7.93. The topological polar surface area (TPSA) is 42.7 Å².